The molecule has 3 amide bonds. The molecule has 0 bridgehead atoms. The maximum Gasteiger partial charge on any atom is 0.322 e. The molecule has 0 spiro atoms. The molecular formula is C25H34N4O3. The van der Waals surface area contributed by atoms with Crippen LogP contribution in [-0.4, -0.2) is 72.5 Å². The highest BCUT2D eigenvalue weighted by Gasteiger charge is 2.23. The number of benzene rings is 2. The van der Waals surface area contributed by atoms with Crippen molar-refractivity contribution in [2.24, 2.45) is 0 Å². The van der Waals surface area contributed by atoms with Crippen molar-refractivity contribution in [2.75, 3.05) is 45.2 Å². The minimum Gasteiger partial charge on any atom is -0.497 e. The lowest BCUT2D eigenvalue weighted by molar-refractivity contribution is -0.133. The number of urea groups is 1. The van der Waals surface area contributed by atoms with Crippen LogP contribution >= 0.6 is 0 Å². The van der Waals surface area contributed by atoms with E-state index in [1.807, 2.05) is 24.8 Å². The number of anilines is 1. The summed E-state index contributed by atoms with van der Waals surface area (Å²) in [5.74, 6) is 0.838. The van der Waals surface area contributed by atoms with E-state index in [0.29, 0.717) is 18.7 Å². The molecule has 0 atom stereocenters. The molecule has 0 radical (unpaired) electrons. The molecule has 7 nitrogen and oxygen atoms in total. The Balaban J connectivity index is 1.45. The summed E-state index contributed by atoms with van der Waals surface area (Å²) in [5, 5.41) is 2.91. The average molecular weight is 439 g/mol. The van der Waals surface area contributed by atoms with Crippen LogP contribution in [0.3, 0.4) is 0 Å². The highest BCUT2D eigenvalue weighted by Crippen LogP contribution is 2.16. The fourth-order valence-electron chi connectivity index (χ4n) is 3.84. The molecular weight excluding hydrogens is 404 g/mol. The first kappa shape index (κ1) is 23.6. The number of ether oxygens (including phenoxy) is 1. The van der Waals surface area contributed by atoms with E-state index in [9.17, 15) is 9.59 Å². The Morgan fingerprint density at radius 2 is 1.66 bits per heavy atom. The van der Waals surface area contributed by atoms with E-state index >= 15 is 0 Å². The molecule has 2 aromatic rings. The van der Waals surface area contributed by atoms with Crippen LogP contribution in [0.15, 0.2) is 54.6 Å². The molecule has 3 rings (SSSR count). The van der Waals surface area contributed by atoms with E-state index in [1.165, 1.54) is 5.56 Å². The first-order valence-electron chi connectivity index (χ1n) is 11.2. The SMILES string of the molecule is COc1ccc(NC(=O)N(CCC(=O)N2CCN(Cc3ccccc3)CC2)C(C)C)cc1. The van der Waals surface area contributed by atoms with Crippen LogP contribution in [0.25, 0.3) is 0 Å². The van der Waals surface area contributed by atoms with Gasteiger partial charge in [-0.15, -0.1) is 0 Å². The van der Waals surface area contributed by atoms with Crippen LogP contribution in [0.5, 0.6) is 5.75 Å². The van der Waals surface area contributed by atoms with Gasteiger partial charge in [0.05, 0.1) is 7.11 Å². The number of nitrogens with zero attached hydrogens (tertiary/aromatic N) is 3. The van der Waals surface area contributed by atoms with E-state index in [-0.39, 0.29) is 18.0 Å². The maximum atomic E-state index is 12.8. The Hall–Kier alpha value is -3.06. The highest BCUT2D eigenvalue weighted by atomic mass is 16.5. The monoisotopic (exact) mass is 438 g/mol. The van der Waals surface area contributed by atoms with Crippen molar-refractivity contribution in [1.82, 2.24) is 14.7 Å². The van der Waals surface area contributed by atoms with Crippen LogP contribution in [0.1, 0.15) is 25.8 Å². The summed E-state index contributed by atoms with van der Waals surface area (Å²) in [6.45, 7) is 8.41. The molecule has 1 heterocycles. The Bertz CT molecular complexity index is 863. The summed E-state index contributed by atoms with van der Waals surface area (Å²) in [5.41, 5.74) is 1.99. The molecule has 0 aliphatic carbocycles. The largest absolute Gasteiger partial charge is 0.497 e. The van der Waals surface area contributed by atoms with Crippen molar-refractivity contribution in [3.05, 3.63) is 60.2 Å². The number of hydrogen-bond donors (Lipinski definition) is 1. The topological polar surface area (TPSA) is 65.1 Å². The molecule has 1 aliphatic heterocycles. The number of methoxy groups -OCH3 is 1. The van der Waals surface area contributed by atoms with Gasteiger partial charge in [-0.25, -0.2) is 4.79 Å². The van der Waals surface area contributed by atoms with Crippen molar-refractivity contribution in [2.45, 2.75) is 32.9 Å². The lowest BCUT2D eigenvalue weighted by Crippen LogP contribution is -2.49. The Morgan fingerprint density at radius 1 is 1.00 bits per heavy atom. The van der Waals surface area contributed by atoms with Gasteiger partial charge in [0.25, 0.3) is 0 Å². The molecule has 0 unspecified atom stereocenters. The van der Waals surface area contributed by atoms with Gasteiger partial charge in [0, 0.05) is 57.4 Å². The van der Waals surface area contributed by atoms with Gasteiger partial charge in [-0.3, -0.25) is 9.69 Å². The number of nitrogens with one attached hydrogen (secondary N) is 1. The molecule has 0 saturated carbocycles. The molecule has 1 saturated heterocycles. The first-order chi connectivity index (χ1) is 15.5. The summed E-state index contributed by atoms with van der Waals surface area (Å²) in [7, 11) is 1.61. The van der Waals surface area contributed by atoms with Crippen molar-refractivity contribution in [3.8, 4) is 5.75 Å². The number of hydrogen-bond acceptors (Lipinski definition) is 4. The normalized spacial score (nSPS) is 14.3. The second kappa shape index (κ2) is 11.5. The summed E-state index contributed by atoms with van der Waals surface area (Å²) < 4.78 is 5.15. The number of carbonyl (C=O) groups excluding carboxylic acids is 2. The Labute approximate surface area is 190 Å². The molecule has 1 N–H and O–H groups in total. The van der Waals surface area contributed by atoms with Gasteiger partial charge >= 0.3 is 6.03 Å². The highest BCUT2D eigenvalue weighted by molar-refractivity contribution is 5.90. The van der Waals surface area contributed by atoms with E-state index in [1.54, 1.807) is 36.3 Å². The molecule has 7 heteroatoms. The van der Waals surface area contributed by atoms with Gasteiger partial charge in [0.15, 0.2) is 0 Å². The first-order valence-corrected chi connectivity index (χ1v) is 11.2. The zero-order valence-electron chi connectivity index (χ0n) is 19.3. The van der Waals surface area contributed by atoms with Gasteiger partial charge in [-0.05, 0) is 43.7 Å². The van der Waals surface area contributed by atoms with E-state index < -0.39 is 0 Å². The summed E-state index contributed by atoms with van der Waals surface area (Å²) in [4.78, 5) is 31.5. The maximum absolute atomic E-state index is 12.8. The predicted molar refractivity (Wildman–Crippen MR) is 127 cm³/mol. The fraction of sp³-hybridized carbons (Fsp3) is 0.440. The van der Waals surface area contributed by atoms with E-state index in [4.69, 9.17) is 4.74 Å². The Morgan fingerprint density at radius 3 is 2.25 bits per heavy atom. The van der Waals surface area contributed by atoms with Crippen LogP contribution in [-0.2, 0) is 11.3 Å². The van der Waals surface area contributed by atoms with E-state index in [2.05, 4.69) is 34.5 Å². The molecule has 0 aromatic heterocycles. The van der Waals surface area contributed by atoms with Crippen LogP contribution < -0.4 is 10.1 Å². The van der Waals surface area contributed by atoms with Gasteiger partial charge in [-0.2, -0.15) is 0 Å². The molecule has 32 heavy (non-hydrogen) atoms. The van der Waals surface area contributed by atoms with Crippen LogP contribution in [0.2, 0.25) is 0 Å². The lowest BCUT2D eigenvalue weighted by Gasteiger charge is -2.35. The summed E-state index contributed by atoms with van der Waals surface area (Å²) in [6.07, 6.45) is 0.326. The van der Waals surface area contributed by atoms with Crippen molar-refractivity contribution in [3.63, 3.8) is 0 Å². The fourth-order valence-corrected chi connectivity index (χ4v) is 3.84. The number of piperazine rings is 1. The Kier molecular flexibility index (Phi) is 8.50. The van der Waals surface area contributed by atoms with Gasteiger partial charge in [-0.1, -0.05) is 30.3 Å². The van der Waals surface area contributed by atoms with Gasteiger partial charge in [0.2, 0.25) is 5.91 Å². The zero-order valence-corrected chi connectivity index (χ0v) is 19.3. The zero-order chi connectivity index (χ0) is 22.9. The summed E-state index contributed by atoms with van der Waals surface area (Å²) >= 11 is 0. The third-order valence-electron chi connectivity index (χ3n) is 5.77. The second-order valence-electron chi connectivity index (χ2n) is 8.34. The molecule has 1 aliphatic rings. The standard InChI is InChI=1S/C25H34N4O3/c1-20(2)29(25(31)26-22-9-11-23(32-3)12-10-22)14-13-24(30)28-17-15-27(16-18-28)19-21-7-5-4-6-8-21/h4-12,20H,13-19H2,1-3H3,(H,26,31). The third-order valence-corrected chi connectivity index (χ3v) is 5.77. The number of carbonyl (C=O) groups is 2. The smallest absolute Gasteiger partial charge is 0.322 e. The minimum atomic E-state index is -0.203. The molecule has 1 fully saturated rings. The second-order valence-corrected chi connectivity index (χ2v) is 8.34. The van der Waals surface area contributed by atoms with Crippen molar-refractivity contribution >= 4 is 17.6 Å². The lowest BCUT2D eigenvalue weighted by atomic mass is 10.2. The number of amides is 3. The van der Waals surface area contributed by atoms with Crippen molar-refractivity contribution in [1.29, 1.82) is 0 Å². The average Bonchev–Trinajstić information content (AvgIpc) is 2.80. The quantitative estimate of drug-likeness (QED) is 0.683. The van der Waals surface area contributed by atoms with E-state index in [0.717, 1.165) is 38.5 Å². The molecule has 2 aromatic carbocycles. The number of rotatable bonds is 8. The third kappa shape index (κ3) is 6.72. The molecule has 172 valence electrons. The minimum absolute atomic E-state index is 0.0104. The van der Waals surface area contributed by atoms with Crippen LogP contribution in [0.4, 0.5) is 10.5 Å². The predicted octanol–water partition coefficient (Wildman–Crippen LogP) is 3.67. The van der Waals surface area contributed by atoms with Gasteiger partial charge < -0.3 is 19.9 Å². The van der Waals surface area contributed by atoms with Gasteiger partial charge in [0.1, 0.15) is 5.75 Å². The van der Waals surface area contributed by atoms with Crippen LogP contribution in [0, 0.1) is 0 Å². The van der Waals surface area contributed by atoms with Crippen molar-refractivity contribution < 1.29 is 14.3 Å². The summed E-state index contributed by atoms with van der Waals surface area (Å²) in [6, 6.07) is 17.4.